The fourth-order valence-corrected chi connectivity index (χ4v) is 4.20. The third kappa shape index (κ3) is 21.6. The van der Waals surface area contributed by atoms with Gasteiger partial charge in [0.05, 0.1) is 6.04 Å². The molecule has 0 aromatic heterocycles. The lowest BCUT2D eigenvalue weighted by atomic mass is 10.0. The summed E-state index contributed by atoms with van der Waals surface area (Å²) in [4.78, 5) is 47.0. The van der Waals surface area contributed by atoms with Crippen molar-refractivity contribution in [1.29, 1.82) is 0 Å². The van der Waals surface area contributed by atoms with Gasteiger partial charge in [-0.25, -0.2) is 4.79 Å². The molecule has 0 aliphatic rings. The number of carbonyl (C=O) groups excluding carboxylic acids is 3. The van der Waals surface area contributed by atoms with Crippen LogP contribution < -0.4 is 16.4 Å². The number of amides is 2. The van der Waals surface area contributed by atoms with Crippen molar-refractivity contribution in [3.05, 3.63) is 12.7 Å². The van der Waals surface area contributed by atoms with Crippen molar-refractivity contribution < 1.29 is 24.3 Å². The summed E-state index contributed by atoms with van der Waals surface area (Å²) in [7, 11) is 0. The molecule has 8 heteroatoms. The normalized spacial score (nSPS) is 12.5. The Hall–Kier alpha value is -2.22. The Balaban J connectivity index is 3.81. The summed E-state index contributed by atoms with van der Waals surface area (Å²) < 4.78 is 0. The fourth-order valence-electron chi connectivity index (χ4n) is 4.20. The first-order valence-corrected chi connectivity index (χ1v) is 14.5. The summed E-state index contributed by atoms with van der Waals surface area (Å²) in [6, 6.07) is -1.63. The van der Waals surface area contributed by atoms with E-state index in [0.29, 0.717) is 32.2 Å². The van der Waals surface area contributed by atoms with Gasteiger partial charge in [0.2, 0.25) is 11.8 Å². The molecule has 0 radical (unpaired) electrons. The molecule has 0 fully saturated rings. The first-order valence-electron chi connectivity index (χ1n) is 14.5. The van der Waals surface area contributed by atoms with Gasteiger partial charge in [0, 0.05) is 19.4 Å². The molecule has 214 valence electrons. The topological polar surface area (TPSA) is 139 Å². The first kappa shape index (κ1) is 34.8. The van der Waals surface area contributed by atoms with Crippen molar-refractivity contribution in [3.8, 4) is 0 Å². The quantitative estimate of drug-likeness (QED) is 0.0909. The second-order valence-electron chi connectivity index (χ2n) is 10.0. The van der Waals surface area contributed by atoms with Gasteiger partial charge in [-0.3, -0.25) is 14.4 Å². The van der Waals surface area contributed by atoms with Gasteiger partial charge in [0.1, 0.15) is 6.04 Å². The SMILES string of the molecule is C=CC(=O)[C@@H](N)CCCCNC(=O)CCC(NC(=O)CCCCCCCCCCCCCCC)C(=O)O. The fraction of sp³-hybridized carbons (Fsp3) is 0.793. The van der Waals surface area contributed by atoms with E-state index in [1.165, 1.54) is 70.3 Å². The van der Waals surface area contributed by atoms with Gasteiger partial charge < -0.3 is 21.5 Å². The summed E-state index contributed by atoms with van der Waals surface area (Å²) in [6.07, 6.45) is 19.4. The summed E-state index contributed by atoms with van der Waals surface area (Å²) in [5, 5.41) is 14.7. The molecule has 2 atom stereocenters. The highest BCUT2D eigenvalue weighted by Gasteiger charge is 2.20. The molecule has 0 heterocycles. The van der Waals surface area contributed by atoms with Gasteiger partial charge in [-0.15, -0.1) is 0 Å². The lowest BCUT2D eigenvalue weighted by Gasteiger charge is -2.14. The highest BCUT2D eigenvalue weighted by Crippen LogP contribution is 2.13. The molecule has 0 spiro atoms. The highest BCUT2D eigenvalue weighted by atomic mass is 16.4. The summed E-state index contributed by atoms with van der Waals surface area (Å²) >= 11 is 0. The minimum absolute atomic E-state index is 0.0183. The zero-order valence-corrected chi connectivity index (χ0v) is 23.2. The molecule has 2 amide bonds. The summed E-state index contributed by atoms with van der Waals surface area (Å²) in [6.45, 7) is 6.07. The Kier molecular flexibility index (Phi) is 22.7. The van der Waals surface area contributed by atoms with Crippen molar-refractivity contribution >= 4 is 23.6 Å². The lowest BCUT2D eigenvalue weighted by molar-refractivity contribution is -0.142. The van der Waals surface area contributed by atoms with Crippen molar-refractivity contribution in [1.82, 2.24) is 10.6 Å². The van der Waals surface area contributed by atoms with E-state index in [2.05, 4.69) is 24.1 Å². The number of hydrogen-bond acceptors (Lipinski definition) is 5. The van der Waals surface area contributed by atoms with Crippen LogP contribution in [-0.2, 0) is 19.2 Å². The van der Waals surface area contributed by atoms with Gasteiger partial charge in [0.25, 0.3) is 0 Å². The average molecular weight is 524 g/mol. The van der Waals surface area contributed by atoms with Crippen LogP contribution in [0.3, 0.4) is 0 Å². The zero-order valence-electron chi connectivity index (χ0n) is 23.2. The zero-order chi connectivity index (χ0) is 27.7. The number of nitrogens with two attached hydrogens (primary N) is 1. The highest BCUT2D eigenvalue weighted by molar-refractivity contribution is 5.93. The molecule has 0 saturated heterocycles. The molecule has 0 bridgehead atoms. The van der Waals surface area contributed by atoms with Crippen LogP contribution in [0, 0.1) is 0 Å². The number of ketones is 1. The summed E-state index contributed by atoms with van der Waals surface area (Å²) in [5.41, 5.74) is 5.71. The van der Waals surface area contributed by atoms with Gasteiger partial charge in [-0.2, -0.15) is 0 Å². The monoisotopic (exact) mass is 523 g/mol. The molecule has 0 aromatic rings. The lowest BCUT2D eigenvalue weighted by Crippen LogP contribution is -2.41. The first-order chi connectivity index (χ1) is 17.8. The Bertz CT molecular complexity index is 653. The van der Waals surface area contributed by atoms with Crippen molar-refractivity contribution in [2.24, 2.45) is 5.73 Å². The molecule has 37 heavy (non-hydrogen) atoms. The predicted molar refractivity (Wildman–Crippen MR) is 149 cm³/mol. The smallest absolute Gasteiger partial charge is 0.326 e. The molecule has 0 aliphatic carbocycles. The number of hydrogen-bond donors (Lipinski definition) is 4. The van der Waals surface area contributed by atoms with Crippen LogP contribution in [0.15, 0.2) is 12.7 Å². The number of nitrogens with one attached hydrogen (secondary N) is 2. The van der Waals surface area contributed by atoms with E-state index in [-0.39, 0.29) is 30.4 Å². The number of aliphatic carboxylic acids is 1. The number of carboxylic acids is 1. The van der Waals surface area contributed by atoms with E-state index < -0.39 is 18.1 Å². The molecular formula is C29H53N3O5. The Morgan fingerprint density at radius 3 is 1.81 bits per heavy atom. The van der Waals surface area contributed by atoms with Crippen LogP contribution in [0.4, 0.5) is 0 Å². The van der Waals surface area contributed by atoms with Crippen molar-refractivity contribution in [2.75, 3.05) is 6.54 Å². The molecule has 5 N–H and O–H groups in total. The molecule has 0 rings (SSSR count). The Labute approximate surface area is 224 Å². The molecule has 8 nitrogen and oxygen atoms in total. The summed E-state index contributed by atoms with van der Waals surface area (Å²) in [5.74, 6) is -1.86. The van der Waals surface area contributed by atoms with Gasteiger partial charge in [0.15, 0.2) is 5.78 Å². The standard InChI is InChI=1S/C29H53N3O5/c1-3-5-6-7-8-9-10-11-12-13-14-15-16-20-28(35)32-25(29(36)37)21-22-27(34)31-23-18-17-19-24(30)26(33)4-2/h4,24-25H,2-3,5-23,30H2,1H3,(H,31,34)(H,32,35)(H,36,37)/t24-,25?/m0/s1. The molecule has 0 aliphatic heterocycles. The van der Waals surface area contributed by atoms with Crippen LogP contribution in [0.25, 0.3) is 0 Å². The van der Waals surface area contributed by atoms with Crippen molar-refractivity contribution in [2.45, 2.75) is 141 Å². The van der Waals surface area contributed by atoms with E-state index in [1.54, 1.807) is 0 Å². The number of carboxylic acid groups (broad SMARTS) is 1. The maximum absolute atomic E-state index is 12.2. The molecule has 1 unspecified atom stereocenters. The third-order valence-corrected chi connectivity index (χ3v) is 6.63. The molecular weight excluding hydrogens is 470 g/mol. The van der Waals surface area contributed by atoms with Crippen LogP contribution in [0.5, 0.6) is 0 Å². The number of rotatable bonds is 26. The number of carbonyl (C=O) groups is 4. The van der Waals surface area contributed by atoms with Crippen LogP contribution in [-0.4, -0.2) is 47.3 Å². The largest absolute Gasteiger partial charge is 0.480 e. The second kappa shape index (κ2) is 24.1. The maximum atomic E-state index is 12.2. The predicted octanol–water partition coefficient (Wildman–Crippen LogP) is 5.19. The maximum Gasteiger partial charge on any atom is 0.326 e. The van der Waals surface area contributed by atoms with Gasteiger partial charge in [-0.1, -0.05) is 90.6 Å². The van der Waals surface area contributed by atoms with Gasteiger partial charge in [-0.05, 0) is 38.2 Å². The van der Waals surface area contributed by atoms with Crippen LogP contribution in [0.1, 0.15) is 129 Å². The number of unbranched alkanes of at least 4 members (excludes halogenated alkanes) is 13. The second-order valence-corrected chi connectivity index (χ2v) is 10.0. The van der Waals surface area contributed by atoms with E-state index >= 15 is 0 Å². The molecule has 0 aromatic carbocycles. The third-order valence-electron chi connectivity index (χ3n) is 6.63. The molecule has 0 saturated carbocycles. The van der Waals surface area contributed by atoms with Gasteiger partial charge >= 0.3 is 5.97 Å². The average Bonchev–Trinajstić information content (AvgIpc) is 2.88. The minimum atomic E-state index is -1.13. The Morgan fingerprint density at radius 2 is 1.30 bits per heavy atom. The minimum Gasteiger partial charge on any atom is -0.480 e. The van der Waals surface area contributed by atoms with E-state index in [0.717, 1.165) is 19.3 Å². The van der Waals surface area contributed by atoms with E-state index in [9.17, 15) is 24.3 Å². The Morgan fingerprint density at radius 1 is 0.757 bits per heavy atom. The van der Waals surface area contributed by atoms with E-state index in [1.807, 2.05) is 0 Å². The van der Waals surface area contributed by atoms with Crippen LogP contribution in [0.2, 0.25) is 0 Å². The van der Waals surface area contributed by atoms with Crippen molar-refractivity contribution in [3.63, 3.8) is 0 Å². The van der Waals surface area contributed by atoms with Crippen LogP contribution >= 0.6 is 0 Å². The van der Waals surface area contributed by atoms with E-state index in [4.69, 9.17) is 5.73 Å².